The molecule has 0 amide bonds. The molecule has 0 spiro atoms. The minimum Gasteiger partial charge on any atom is -0.478 e. The first kappa shape index (κ1) is 13.7. The van der Waals surface area contributed by atoms with Crippen LogP contribution in [0.2, 0.25) is 0 Å². The summed E-state index contributed by atoms with van der Waals surface area (Å²) >= 11 is 0. The van der Waals surface area contributed by atoms with Gasteiger partial charge >= 0.3 is 5.97 Å². The van der Waals surface area contributed by atoms with E-state index in [1.54, 1.807) is 18.2 Å². The molecule has 23 heavy (non-hydrogen) atoms. The lowest BCUT2D eigenvalue weighted by molar-refractivity contribution is 0.0693. The molecular weight excluding hydrogens is 288 g/mol. The number of aromatic carboxylic acids is 1. The minimum absolute atomic E-state index is 0.0424. The van der Waals surface area contributed by atoms with Crippen LogP contribution in [0.4, 0.5) is 0 Å². The molecule has 112 valence electrons. The van der Waals surface area contributed by atoms with E-state index in [9.17, 15) is 14.7 Å². The van der Waals surface area contributed by atoms with Crippen LogP contribution < -0.4 is 0 Å². The van der Waals surface area contributed by atoms with Gasteiger partial charge in [-0.2, -0.15) is 0 Å². The van der Waals surface area contributed by atoms with Crippen molar-refractivity contribution in [3.63, 3.8) is 0 Å². The van der Waals surface area contributed by atoms with Gasteiger partial charge in [-0.3, -0.25) is 4.79 Å². The van der Waals surface area contributed by atoms with E-state index in [1.165, 1.54) is 17.2 Å². The SMILES string of the molecule is O=C(O)c1ccccc1C(=O)c1ccc2c3c(cccc13)CC2. The Morgan fingerprint density at radius 1 is 0.739 bits per heavy atom. The largest absolute Gasteiger partial charge is 0.478 e. The zero-order chi connectivity index (χ0) is 16.0. The molecule has 1 N–H and O–H groups in total. The molecule has 0 atom stereocenters. The van der Waals surface area contributed by atoms with E-state index >= 15 is 0 Å². The molecule has 1 aliphatic carbocycles. The fourth-order valence-corrected chi connectivity index (χ4v) is 3.46. The topological polar surface area (TPSA) is 54.4 Å². The zero-order valence-electron chi connectivity index (χ0n) is 12.4. The van der Waals surface area contributed by atoms with Crippen LogP contribution >= 0.6 is 0 Å². The zero-order valence-corrected chi connectivity index (χ0v) is 12.4. The monoisotopic (exact) mass is 302 g/mol. The predicted octanol–water partition coefficient (Wildman–Crippen LogP) is 3.87. The Balaban J connectivity index is 1.95. The number of rotatable bonds is 3. The molecule has 0 bridgehead atoms. The molecule has 0 unspecified atom stereocenters. The van der Waals surface area contributed by atoms with Gasteiger partial charge in [-0.25, -0.2) is 4.79 Å². The predicted molar refractivity (Wildman–Crippen MR) is 88.2 cm³/mol. The van der Waals surface area contributed by atoms with Gasteiger partial charge in [-0.1, -0.05) is 48.5 Å². The Bertz CT molecular complexity index is 960. The van der Waals surface area contributed by atoms with Gasteiger partial charge in [-0.15, -0.1) is 0 Å². The second kappa shape index (κ2) is 5.06. The fraction of sp³-hybridized carbons (Fsp3) is 0.100. The Morgan fingerprint density at radius 2 is 1.43 bits per heavy atom. The minimum atomic E-state index is -1.08. The summed E-state index contributed by atoms with van der Waals surface area (Å²) in [5.41, 5.74) is 3.37. The molecule has 3 nitrogen and oxygen atoms in total. The number of carboxylic acid groups (broad SMARTS) is 1. The van der Waals surface area contributed by atoms with Gasteiger partial charge in [0.25, 0.3) is 0 Å². The summed E-state index contributed by atoms with van der Waals surface area (Å²) in [4.78, 5) is 24.4. The molecule has 0 heterocycles. The molecule has 3 heteroatoms. The molecule has 0 aliphatic heterocycles. The number of hydrogen-bond donors (Lipinski definition) is 1. The van der Waals surface area contributed by atoms with Crippen molar-refractivity contribution in [2.45, 2.75) is 12.8 Å². The summed E-state index contributed by atoms with van der Waals surface area (Å²) in [5, 5.41) is 11.4. The van der Waals surface area contributed by atoms with E-state index in [-0.39, 0.29) is 16.9 Å². The molecular formula is C20H14O3. The number of benzene rings is 3. The summed E-state index contributed by atoms with van der Waals surface area (Å²) in [6.45, 7) is 0. The van der Waals surface area contributed by atoms with Gasteiger partial charge in [-0.05, 0) is 40.8 Å². The van der Waals surface area contributed by atoms with Crippen LogP contribution in [0.15, 0.2) is 54.6 Å². The third-order valence-electron chi connectivity index (χ3n) is 4.52. The lowest BCUT2D eigenvalue weighted by Gasteiger charge is -2.10. The van der Waals surface area contributed by atoms with E-state index in [1.807, 2.05) is 24.3 Å². The molecule has 0 saturated carbocycles. The summed E-state index contributed by atoms with van der Waals surface area (Å²) < 4.78 is 0. The Kier molecular flexibility index (Phi) is 3.01. The van der Waals surface area contributed by atoms with Crippen LogP contribution in [0.25, 0.3) is 10.8 Å². The molecule has 3 aromatic rings. The number of ketones is 1. The molecule has 0 aromatic heterocycles. The lowest BCUT2D eigenvalue weighted by atomic mass is 9.92. The number of hydrogen-bond acceptors (Lipinski definition) is 2. The second-order valence-electron chi connectivity index (χ2n) is 5.79. The van der Waals surface area contributed by atoms with Crippen LogP contribution in [0.5, 0.6) is 0 Å². The van der Waals surface area contributed by atoms with E-state index < -0.39 is 5.97 Å². The van der Waals surface area contributed by atoms with Crippen molar-refractivity contribution >= 4 is 22.5 Å². The van der Waals surface area contributed by atoms with Gasteiger partial charge in [0.15, 0.2) is 5.78 Å². The quantitative estimate of drug-likeness (QED) is 0.747. The highest BCUT2D eigenvalue weighted by molar-refractivity contribution is 6.20. The molecule has 0 radical (unpaired) electrons. The van der Waals surface area contributed by atoms with E-state index in [4.69, 9.17) is 0 Å². The Labute approximate surface area is 133 Å². The first-order valence-corrected chi connectivity index (χ1v) is 7.57. The van der Waals surface area contributed by atoms with Gasteiger partial charge in [0.1, 0.15) is 0 Å². The maximum absolute atomic E-state index is 13.0. The number of carbonyl (C=O) groups is 2. The average Bonchev–Trinajstić information content (AvgIpc) is 3.00. The molecule has 0 saturated heterocycles. The second-order valence-corrected chi connectivity index (χ2v) is 5.79. The van der Waals surface area contributed by atoms with E-state index in [0.29, 0.717) is 5.56 Å². The first-order chi connectivity index (χ1) is 11.2. The normalized spacial score (nSPS) is 12.5. The van der Waals surface area contributed by atoms with Crippen molar-refractivity contribution in [3.05, 3.63) is 82.4 Å². The highest BCUT2D eigenvalue weighted by Gasteiger charge is 2.22. The summed E-state index contributed by atoms with van der Waals surface area (Å²) in [7, 11) is 0. The number of carbonyl (C=O) groups excluding carboxylic acids is 1. The van der Waals surface area contributed by atoms with Crippen LogP contribution in [-0.4, -0.2) is 16.9 Å². The summed E-state index contributed by atoms with van der Waals surface area (Å²) in [5.74, 6) is -1.32. The molecule has 1 aliphatic rings. The molecule has 3 aromatic carbocycles. The standard InChI is InChI=1S/C20H14O3/c21-19(15-5-1-2-6-17(15)20(22)23)16-11-10-13-9-8-12-4-3-7-14(16)18(12)13/h1-7,10-11H,8-9H2,(H,22,23). The molecule has 0 fully saturated rings. The van der Waals surface area contributed by atoms with Crippen molar-refractivity contribution in [1.82, 2.24) is 0 Å². The average molecular weight is 302 g/mol. The number of aryl methyl sites for hydroxylation is 2. The van der Waals surface area contributed by atoms with Crippen LogP contribution in [0, 0.1) is 0 Å². The molecule has 4 rings (SSSR count). The number of carboxylic acids is 1. The smallest absolute Gasteiger partial charge is 0.336 e. The van der Waals surface area contributed by atoms with Crippen molar-refractivity contribution in [2.75, 3.05) is 0 Å². The summed E-state index contributed by atoms with van der Waals surface area (Å²) in [6, 6.07) is 16.2. The first-order valence-electron chi connectivity index (χ1n) is 7.57. The van der Waals surface area contributed by atoms with Crippen molar-refractivity contribution in [1.29, 1.82) is 0 Å². The Hall–Kier alpha value is -2.94. The van der Waals surface area contributed by atoms with Crippen molar-refractivity contribution in [3.8, 4) is 0 Å². The van der Waals surface area contributed by atoms with E-state index in [0.717, 1.165) is 23.6 Å². The lowest BCUT2D eigenvalue weighted by Crippen LogP contribution is -2.10. The fourth-order valence-electron chi connectivity index (χ4n) is 3.46. The van der Waals surface area contributed by atoms with Gasteiger partial charge in [0.05, 0.1) is 5.56 Å². The van der Waals surface area contributed by atoms with E-state index in [2.05, 4.69) is 6.07 Å². The van der Waals surface area contributed by atoms with Gasteiger partial charge in [0.2, 0.25) is 0 Å². The highest BCUT2D eigenvalue weighted by atomic mass is 16.4. The summed E-state index contributed by atoms with van der Waals surface area (Å²) in [6.07, 6.45) is 1.99. The van der Waals surface area contributed by atoms with Gasteiger partial charge < -0.3 is 5.11 Å². The van der Waals surface area contributed by atoms with Crippen LogP contribution in [-0.2, 0) is 12.8 Å². The van der Waals surface area contributed by atoms with Crippen LogP contribution in [0.3, 0.4) is 0 Å². The third kappa shape index (κ3) is 2.05. The Morgan fingerprint density at radius 3 is 2.17 bits per heavy atom. The highest BCUT2D eigenvalue weighted by Crippen LogP contribution is 2.33. The van der Waals surface area contributed by atoms with Crippen molar-refractivity contribution < 1.29 is 14.7 Å². The van der Waals surface area contributed by atoms with Crippen LogP contribution in [0.1, 0.15) is 37.4 Å². The van der Waals surface area contributed by atoms with Gasteiger partial charge in [0, 0.05) is 11.1 Å². The third-order valence-corrected chi connectivity index (χ3v) is 4.52. The maximum Gasteiger partial charge on any atom is 0.336 e. The maximum atomic E-state index is 13.0. The van der Waals surface area contributed by atoms with Crippen molar-refractivity contribution in [2.24, 2.45) is 0 Å².